The maximum absolute atomic E-state index is 12.9. The second-order valence-electron chi connectivity index (χ2n) is 8.07. The predicted octanol–water partition coefficient (Wildman–Crippen LogP) is 2.15. The van der Waals surface area contributed by atoms with Crippen LogP contribution in [0.1, 0.15) is 37.0 Å². The van der Waals surface area contributed by atoms with Crippen LogP contribution in [0.25, 0.3) is 0 Å². The van der Waals surface area contributed by atoms with Gasteiger partial charge in [0.1, 0.15) is 12.6 Å². The van der Waals surface area contributed by atoms with Gasteiger partial charge >= 0.3 is 0 Å². The number of benzene rings is 2. The molecule has 4 N–H and O–H groups in total. The van der Waals surface area contributed by atoms with Crippen LogP contribution < -0.4 is 16.0 Å². The molecule has 1 aliphatic rings. The Morgan fingerprint density at radius 2 is 1.75 bits per heavy atom. The molecule has 0 fully saturated rings. The van der Waals surface area contributed by atoms with E-state index in [4.69, 9.17) is 0 Å². The first-order valence-electron chi connectivity index (χ1n) is 10.0. The Labute approximate surface area is 166 Å². The first-order chi connectivity index (χ1) is 13.4. The number of hydrogen-bond acceptors (Lipinski definition) is 2. The fourth-order valence-corrected chi connectivity index (χ4v) is 3.59. The summed E-state index contributed by atoms with van der Waals surface area (Å²) >= 11 is 0. The molecule has 0 radical (unpaired) electrons. The fraction of sp³-hybridized carbons (Fsp3) is 0.391. The summed E-state index contributed by atoms with van der Waals surface area (Å²) < 4.78 is 0. The van der Waals surface area contributed by atoms with Gasteiger partial charge in [0.2, 0.25) is 5.91 Å². The Hall–Kier alpha value is -2.66. The molecule has 2 atom stereocenters. The standard InChI is InChI=1S/C23H29N3O2/c1-15(2)12-21(23(28)25-19-10-8-16(3)9-11-19)26-22(27)20-13-17-6-4-5-7-18(17)14-24-20/h4-11,15,20-21,24H,12-14H2,1-3H3,(H,25,28)(H,26,27)/p+1/t20-,21+/m0/s1. The maximum atomic E-state index is 12.9. The van der Waals surface area contributed by atoms with Crippen molar-refractivity contribution in [2.45, 2.75) is 52.2 Å². The number of hydrogen-bond donors (Lipinski definition) is 3. The van der Waals surface area contributed by atoms with Gasteiger partial charge in [0.05, 0.1) is 0 Å². The Morgan fingerprint density at radius 3 is 2.43 bits per heavy atom. The first kappa shape index (κ1) is 20.1. The largest absolute Gasteiger partial charge is 0.339 e. The van der Waals surface area contributed by atoms with Gasteiger partial charge in [0.15, 0.2) is 6.04 Å². The molecule has 148 valence electrons. The van der Waals surface area contributed by atoms with Crippen molar-refractivity contribution in [2.24, 2.45) is 5.92 Å². The summed E-state index contributed by atoms with van der Waals surface area (Å²) in [6.45, 7) is 6.91. The molecule has 0 bridgehead atoms. The lowest BCUT2D eigenvalue weighted by Crippen LogP contribution is -2.93. The van der Waals surface area contributed by atoms with Crippen molar-refractivity contribution in [1.82, 2.24) is 5.32 Å². The van der Waals surface area contributed by atoms with Gasteiger partial charge in [-0.2, -0.15) is 0 Å². The molecule has 1 heterocycles. The molecule has 5 heteroatoms. The lowest BCUT2D eigenvalue weighted by molar-refractivity contribution is -0.695. The third kappa shape index (κ3) is 5.20. The zero-order valence-electron chi connectivity index (χ0n) is 16.9. The number of aryl methyl sites for hydroxylation is 1. The highest BCUT2D eigenvalue weighted by Crippen LogP contribution is 2.14. The van der Waals surface area contributed by atoms with Crippen molar-refractivity contribution >= 4 is 17.5 Å². The van der Waals surface area contributed by atoms with Crippen molar-refractivity contribution in [3.8, 4) is 0 Å². The maximum Gasteiger partial charge on any atom is 0.279 e. The van der Waals surface area contributed by atoms with Crippen LogP contribution in [0.4, 0.5) is 5.69 Å². The molecule has 2 amide bonds. The zero-order valence-corrected chi connectivity index (χ0v) is 16.9. The molecule has 28 heavy (non-hydrogen) atoms. The van der Waals surface area contributed by atoms with E-state index in [1.54, 1.807) is 0 Å². The second kappa shape index (κ2) is 9.02. The number of nitrogens with one attached hydrogen (secondary N) is 2. The molecular weight excluding hydrogens is 350 g/mol. The molecule has 2 aromatic rings. The molecule has 1 aliphatic heterocycles. The highest BCUT2D eigenvalue weighted by atomic mass is 16.2. The van der Waals surface area contributed by atoms with E-state index < -0.39 is 6.04 Å². The zero-order chi connectivity index (χ0) is 20.1. The number of quaternary nitrogens is 1. The van der Waals surface area contributed by atoms with E-state index in [1.807, 2.05) is 43.3 Å². The smallest absolute Gasteiger partial charge is 0.279 e. The average Bonchev–Trinajstić information content (AvgIpc) is 2.68. The highest BCUT2D eigenvalue weighted by Gasteiger charge is 2.31. The quantitative estimate of drug-likeness (QED) is 0.718. The summed E-state index contributed by atoms with van der Waals surface area (Å²) in [6, 6.07) is 15.2. The summed E-state index contributed by atoms with van der Waals surface area (Å²) in [4.78, 5) is 25.7. The Balaban J connectivity index is 1.65. The molecule has 2 aromatic carbocycles. The molecule has 0 unspecified atom stereocenters. The van der Waals surface area contributed by atoms with Gasteiger partial charge in [0, 0.05) is 17.7 Å². The Kier molecular flexibility index (Phi) is 6.47. The molecule has 0 saturated carbocycles. The fourth-order valence-electron chi connectivity index (χ4n) is 3.59. The van der Waals surface area contributed by atoms with E-state index in [-0.39, 0.29) is 17.9 Å². The molecule has 0 aromatic heterocycles. The molecule has 0 saturated heterocycles. The Bertz CT molecular complexity index is 830. The minimum absolute atomic E-state index is 0.0702. The lowest BCUT2D eigenvalue weighted by Gasteiger charge is -2.25. The van der Waals surface area contributed by atoms with Gasteiger partial charge < -0.3 is 16.0 Å². The average molecular weight is 381 g/mol. The summed E-state index contributed by atoms with van der Waals surface area (Å²) in [5.41, 5.74) is 4.38. The molecule has 0 aliphatic carbocycles. The topological polar surface area (TPSA) is 74.8 Å². The van der Waals surface area contributed by atoms with Crippen LogP contribution >= 0.6 is 0 Å². The third-order valence-corrected chi connectivity index (χ3v) is 5.18. The monoisotopic (exact) mass is 380 g/mol. The molecule has 5 nitrogen and oxygen atoms in total. The summed E-state index contributed by atoms with van der Waals surface area (Å²) in [5, 5.41) is 7.99. The van der Waals surface area contributed by atoms with Crippen LogP contribution in [-0.4, -0.2) is 23.9 Å². The Morgan fingerprint density at radius 1 is 1.07 bits per heavy atom. The van der Waals surface area contributed by atoms with Gasteiger partial charge in [-0.3, -0.25) is 9.59 Å². The number of amides is 2. The van der Waals surface area contributed by atoms with Gasteiger partial charge in [0.25, 0.3) is 5.91 Å². The van der Waals surface area contributed by atoms with Gasteiger partial charge in [-0.1, -0.05) is 55.8 Å². The predicted molar refractivity (Wildman–Crippen MR) is 111 cm³/mol. The van der Waals surface area contributed by atoms with Crippen molar-refractivity contribution in [3.05, 3.63) is 65.2 Å². The van der Waals surface area contributed by atoms with E-state index in [9.17, 15) is 9.59 Å². The summed E-state index contributed by atoms with van der Waals surface area (Å²) in [7, 11) is 0. The molecule has 3 rings (SSSR count). The summed E-state index contributed by atoms with van der Waals surface area (Å²) in [6.07, 6.45) is 1.29. The van der Waals surface area contributed by atoms with Crippen LogP contribution in [0.2, 0.25) is 0 Å². The lowest BCUT2D eigenvalue weighted by atomic mass is 9.95. The SMILES string of the molecule is Cc1ccc(NC(=O)[C@@H](CC(C)C)NC(=O)[C@@H]2Cc3ccccc3C[NH2+]2)cc1. The highest BCUT2D eigenvalue weighted by molar-refractivity contribution is 5.97. The van der Waals surface area contributed by atoms with Gasteiger partial charge in [-0.05, 0) is 37.0 Å². The van der Waals surface area contributed by atoms with Crippen molar-refractivity contribution in [3.63, 3.8) is 0 Å². The van der Waals surface area contributed by atoms with Crippen molar-refractivity contribution in [1.29, 1.82) is 0 Å². The van der Waals surface area contributed by atoms with Crippen LogP contribution in [0.5, 0.6) is 0 Å². The van der Waals surface area contributed by atoms with E-state index in [2.05, 4.69) is 41.9 Å². The van der Waals surface area contributed by atoms with Crippen LogP contribution in [0.3, 0.4) is 0 Å². The van der Waals surface area contributed by atoms with Crippen LogP contribution in [0, 0.1) is 12.8 Å². The first-order valence-corrected chi connectivity index (χ1v) is 10.0. The number of carbonyl (C=O) groups is 2. The second-order valence-corrected chi connectivity index (χ2v) is 8.07. The number of fused-ring (bicyclic) bond motifs is 1. The van der Waals surface area contributed by atoms with Crippen LogP contribution in [0.15, 0.2) is 48.5 Å². The van der Waals surface area contributed by atoms with Gasteiger partial charge in [-0.25, -0.2) is 0 Å². The number of rotatable bonds is 6. The van der Waals surface area contributed by atoms with E-state index in [1.165, 1.54) is 11.1 Å². The minimum Gasteiger partial charge on any atom is -0.339 e. The normalized spacial score (nSPS) is 16.9. The molecular formula is C23H30N3O2+. The number of carbonyl (C=O) groups excluding carboxylic acids is 2. The van der Waals surface area contributed by atoms with E-state index in [0.717, 1.165) is 17.8 Å². The van der Waals surface area contributed by atoms with Gasteiger partial charge in [-0.15, -0.1) is 0 Å². The van der Waals surface area contributed by atoms with Crippen LogP contribution in [-0.2, 0) is 22.6 Å². The third-order valence-electron chi connectivity index (χ3n) is 5.18. The molecule has 0 spiro atoms. The number of nitrogens with two attached hydrogens (primary N) is 1. The minimum atomic E-state index is -0.542. The van der Waals surface area contributed by atoms with Crippen molar-refractivity contribution < 1.29 is 14.9 Å². The van der Waals surface area contributed by atoms with E-state index >= 15 is 0 Å². The van der Waals surface area contributed by atoms with E-state index in [0.29, 0.717) is 18.8 Å². The number of anilines is 1. The van der Waals surface area contributed by atoms with Crippen molar-refractivity contribution in [2.75, 3.05) is 5.32 Å². The summed E-state index contributed by atoms with van der Waals surface area (Å²) in [5.74, 6) is 0.0615.